The lowest BCUT2D eigenvalue weighted by Crippen LogP contribution is 0.143. The van der Waals surface area contributed by atoms with Crippen LogP contribution < -0.4 is 0 Å². The molecule has 72 valence electrons. The van der Waals surface area contributed by atoms with Gasteiger partial charge in [0.05, 0.1) is 0 Å². The van der Waals surface area contributed by atoms with Crippen molar-refractivity contribution < 1.29 is 0 Å². The fourth-order valence-electron chi connectivity index (χ4n) is 0. The molecule has 0 aliphatic carbocycles. The zero-order valence-electron chi connectivity index (χ0n) is 1.22. The monoisotopic (exact) mass is 248 g/mol. The predicted molar refractivity (Wildman–Crippen MR) is 65.2 cm³/mol. The van der Waals surface area contributed by atoms with E-state index < -0.39 is 0 Å². The van der Waals surface area contributed by atoms with E-state index in [1.54, 1.807) is 0 Å². The zero-order chi connectivity index (χ0) is 0. The summed E-state index contributed by atoms with van der Waals surface area (Å²) in [5.41, 5.74) is 0. The summed E-state index contributed by atoms with van der Waals surface area (Å²) < 4.78 is 0. The van der Waals surface area contributed by atoms with Crippen LogP contribution in [-0.4, -0.2) is 0 Å². The highest BCUT2D eigenvalue weighted by Gasteiger charge is -0.0722. The molecule has 0 spiro atoms. The minimum absolute atomic E-state index is 0. The maximum absolute atomic E-state index is 0. The summed E-state index contributed by atoms with van der Waals surface area (Å²) in [6.07, 6.45) is 0. The molecule has 0 amide bonds. The van der Waals surface area contributed by atoms with E-state index in [0.29, 0.717) is 0 Å². The van der Waals surface area contributed by atoms with Gasteiger partial charge < -0.3 is 0 Å². The summed E-state index contributed by atoms with van der Waals surface area (Å²) in [5, 5.41) is 0. The van der Waals surface area contributed by atoms with Gasteiger partial charge in [0.2, 0.25) is 0 Å². The van der Waals surface area contributed by atoms with Crippen LogP contribution >= 0.6 is 41.8 Å². The van der Waals surface area contributed by atoms with E-state index in [-0.39, 0.29) is 86.4 Å². The van der Waals surface area contributed by atoms with Crippen LogP contribution in [0.4, 0.5) is 0 Å². The largest absolute Gasteiger partial charge is 0.147 e. The quantitative estimate of drug-likeness (QED) is 0.551. The Kier molecular flexibility index (Phi) is 42800. The molecule has 0 N–H and O–H groups in total. The molecule has 0 aliphatic heterocycles. The van der Waals surface area contributed by atoms with Crippen LogP contribution in [-0.2, 0) is 0 Å². The highest BCUT2D eigenvalue weighted by atomic mass is 79.9. The van der Waals surface area contributed by atoms with Crippen molar-refractivity contribution in [3.8, 4) is 0 Å². The third kappa shape index (κ3) is 402. The van der Waals surface area contributed by atoms with Crippen molar-refractivity contribution in [1.29, 1.82) is 0 Å². The SMILES string of the molecule is Br.C.C.C.C.C.C.Cl.Cl. The van der Waals surface area contributed by atoms with E-state index in [1.807, 2.05) is 0 Å². The van der Waals surface area contributed by atoms with Gasteiger partial charge in [-0.3, -0.25) is 0 Å². The molecule has 0 saturated heterocycles. The molecule has 9 heavy (non-hydrogen) atoms. The Morgan fingerprint density at radius 3 is 0.333 bits per heavy atom. The minimum atomic E-state index is 0. The fraction of sp³-hybridized carbons (Fsp3) is 1.00. The molecule has 0 bridgehead atoms. The molecule has 0 aromatic heterocycles. The Bertz CT molecular complexity index is 11.0. The Hall–Kier alpha value is 1.06. The van der Waals surface area contributed by atoms with Gasteiger partial charge in [0.15, 0.2) is 0 Å². The number of hydrogen-bond donors (Lipinski definition) is 0. The number of rotatable bonds is 0. The first-order valence-electron chi connectivity index (χ1n) is 0. The van der Waals surface area contributed by atoms with Crippen molar-refractivity contribution in [3.63, 3.8) is 0 Å². The van der Waals surface area contributed by atoms with Crippen molar-refractivity contribution in [2.75, 3.05) is 0 Å². The molecule has 0 saturated carbocycles. The Morgan fingerprint density at radius 2 is 0.333 bits per heavy atom. The third-order valence-corrected chi connectivity index (χ3v) is 0. The summed E-state index contributed by atoms with van der Waals surface area (Å²) in [5.74, 6) is 0. The van der Waals surface area contributed by atoms with Crippen LogP contribution in [0.15, 0.2) is 0 Å². The van der Waals surface area contributed by atoms with Crippen LogP contribution in [0.1, 0.15) is 44.6 Å². The number of hydrogen-bond acceptors (Lipinski definition) is 0. The highest BCUT2D eigenvalue weighted by molar-refractivity contribution is 8.93. The van der Waals surface area contributed by atoms with Gasteiger partial charge in [-0.25, -0.2) is 0 Å². The summed E-state index contributed by atoms with van der Waals surface area (Å²) in [6.45, 7) is 0. The summed E-state index contributed by atoms with van der Waals surface area (Å²) >= 11 is 0. The van der Waals surface area contributed by atoms with Crippen molar-refractivity contribution in [2.24, 2.45) is 0 Å². The molecule has 0 aromatic carbocycles. The molecule has 0 atom stereocenters. The van der Waals surface area contributed by atoms with Gasteiger partial charge in [-0.05, 0) is 0 Å². The average molecular weight is 250 g/mol. The molecule has 0 fully saturated rings. The maximum Gasteiger partial charge on any atom is -0.0776 e. The smallest absolute Gasteiger partial charge is 0.0776 e. The van der Waals surface area contributed by atoms with Crippen molar-refractivity contribution in [2.45, 2.75) is 44.6 Å². The van der Waals surface area contributed by atoms with Crippen LogP contribution in [0.5, 0.6) is 0 Å². The predicted octanol–water partition coefficient (Wildman–Crippen LogP) is 5.24. The summed E-state index contributed by atoms with van der Waals surface area (Å²) in [6, 6.07) is 0. The van der Waals surface area contributed by atoms with Gasteiger partial charge in [-0.2, -0.15) is 0 Å². The third-order valence-electron chi connectivity index (χ3n) is 0. The minimum Gasteiger partial charge on any atom is -0.147 e. The Balaban J connectivity index is 0. The Morgan fingerprint density at radius 1 is 0.333 bits per heavy atom. The normalized spacial score (nSPS) is 0. The highest BCUT2D eigenvalue weighted by Crippen LogP contribution is 0.846. The van der Waals surface area contributed by atoms with Crippen molar-refractivity contribution in [3.05, 3.63) is 0 Å². The molecule has 0 heterocycles. The lowest BCUT2D eigenvalue weighted by Gasteiger charge is -0.148. The molecular weight excluding hydrogens is 223 g/mol. The van der Waals surface area contributed by atoms with Gasteiger partial charge in [-0.1, -0.05) is 44.6 Å². The molecular formula is C6H27BrCl2. The van der Waals surface area contributed by atoms with Gasteiger partial charge in [0.25, 0.3) is 0 Å². The molecule has 0 radical (unpaired) electrons. The summed E-state index contributed by atoms with van der Waals surface area (Å²) in [7, 11) is 0. The number of halogens is 3. The van der Waals surface area contributed by atoms with Gasteiger partial charge in [0.1, 0.15) is 0 Å². The van der Waals surface area contributed by atoms with Crippen LogP contribution in [0.2, 0.25) is 0 Å². The summed E-state index contributed by atoms with van der Waals surface area (Å²) in [4.78, 5) is 0. The van der Waals surface area contributed by atoms with E-state index >= 15 is 0 Å². The lowest BCUT2D eigenvalue weighted by atomic mass is 12.0. The topological polar surface area (TPSA) is 0 Å². The van der Waals surface area contributed by atoms with Gasteiger partial charge in [0, 0.05) is 0 Å². The van der Waals surface area contributed by atoms with Gasteiger partial charge >= 0.3 is 0 Å². The molecule has 3 heteroatoms. The maximum atomic E-state index is 0. The molecule has 0 nitrogen and oxygen atoms in total. The first-order valence-corrected chi connectivity index (χ1v) is 0. The lowest BCUT2D eigenvalue weighted by molar-refractivity contribution is 2.50. The second-order valence-electron chi connectivity index (χ2n) is 0. The molecule has 0 unspecified atom stereocenters. The molecule has 0 aliphatic rings. The molecule has 0 rings (SSSR count). The van der Waals surface area contributed by atoms with E-state index in [1.165, 1.54) is 0 Å². The van der Waals surface area contributed by atoms with E-state index in [9.17, 15) is 0 Å². The van der Waals surface area contributed by atoms with E-state index in [0.717, 1.165) is 0 Å². The molecule has 0 aromatic rings. The standard InChI is InChI=1S/6CH4.BrH.2ClH/h6*1H4;3*1H. The first kappa shape index (κ1) is 735. The van der Waals surface area contributed by atoms with Crippen molar-refractivity contribution >= 4 is 41.8 Å². The zero-order valence-corrected chi connectivity index (χ0v) is 4.57. The fourth-order valence-corrected chi connectivity index (χ4v) is 0. The second-order valence-corrected chi connectivity index (χ2v) is 0. The van der Waals surface area contributed by atoms with Crippen LogP contribution in [0, 0.1) is 0 Å². The Labute approximate surface area is 86.4 Å². The first-order chi connectivity index (χ1) is 0. The van der Waals surface area contributed by atoms with E-state index in [4.69, 9.17) is 0 Å². The van der Waals surface area contributed by atoms with Crippen LogP contribution in [0.3, 0.4) is 0 Å². The average Bonchev–Trinajstić information content (AvgIpc) is 0. The second kappa shape index (κ2) is 524. The van der Waals surface area contributed by atoms with E-state index in [2.05, 4.69) is 0 Å². The van der Waals surface area contributed by atoms with Gasteiger partial charge in [-0.15, -0.1) is 41.8 Å². The van der Waals surface area contributed by atoms with Crippen molar-refractivity contribution in [1.82, 2.24) is 0 Å². The van der Waals surface area contributed by atoms with Crippen LogP contribution in [0.25, 0.3) is 0 Å².